The molecule has 25 heavy (non-hydrogen) atoms. The Morgan fingerprint density at radius 2 is 1.76 bits per heavy atom. The molecule has 130 valence electrons. The fourth-order valence-corrected chi connectivity index (χ4v) is 2.52. The molecule has 0 atom stereocenters. The van der Waals surface area contributed by atoms with Gasteiger partial charge in [-0.25, -0.2) is 4.79 Å². The maximum atomic E-state index is 12.2. The number of hydrogen-bond acceptors (Lipinski definition) is 5. The largest absolute Gasteiger partial charge is 0.490 e. The summed E-state index contributed by atoms with van der Waals surface area (Å²) in [5, 5.41) is 2.80. The first-order valence-corrected chi connectivity index (χ1v) is 8.02. The topological polar surface area (TPSA) is 73.9 Å². The van der Waals surface area contributed by atoms with Crippen molar-refractivity contribution in [2.24, 2.45) is 0 Å². The molecule has 1 aliphatic rings. The molecule has 0 unspecified atom stereocenters. The molecule has 0 fully saturated rings. The van der Waals surface area contributed by atoms with Crippen LogP contribution in [0.2, 0.25) is 0 Å². The van der Waals surface area contributed by atoms with E-state index in [0.29, 0.717) is 36.0 Å². The Morgan fingerprint density at radius 1 is 1.04 bits per heavy atom. The monoisotopic (exact) mass is 341 g/mol. The van der Waals surface area contributed by atoms with Crippen LogP contribution in [0.4, 0.5) is 5.69 Å². The Morgan fingerprint density at radius 3 is 2.48 bits per heavy atom. The molecule has 2 aromatic carbocycles. The average molecular weight is 341 g/mol. The highest BCUT2D eigenvalue weighted by Gasteiger charge is 2.13. The van der Waals surface area contributed by atoms with Crippen LogP contribution in [-0.4, -0.2) is 32.2 Å². The predicted octanol–water partition coefficient (Wildman–Crippen LogP) is 2.82. The van der Waals surface area contributed by atoms with Crippen LogP contribution < -0.4 is 14.8 Å². The molecule has 1 heterocycles. The van der Waals surface area contributed by atoms with E-state index in [4.69, 9.17) is 9.47 Å². The van der Waals surface area contributed by atoms with Crippen molar-refractivity contribution in [2.75, 3.05) is 25.6 Å². The quantitative estimate of drug-likeness (QED) is 0.866. The zero-order chi connectivity index (χ0) is 17.6. The second kappa shape index (κ2) is 7.70. The molecule has 0 bridgehead atoms. The predicted molar refractivity (Wildman–Crippen MR) is 92.2 cm³/mol. The number of esters is 1. The highest BCUT2D eigenvalue weighted by Crippen LogP contribution is 2.30. The van der Waals surface area contributed by atoms with Gasteiger partial charge >= 0.3 is 5.97 Å². The second-order valence-electron chi connectivity index (χ2n) is 5.63. The van der Waals surface area contributed by atoms with Crippen LogP contribution in [-0.2, 0) is 16.0 Å². The Hall–Kier alpha value is -3.02. The highest BCUT2D eigenvalue weighted by atomic mass is 16.5. The van der Waals surface area contributed by atoms with Crippen LogP contribution in [0.15, 0.2) is 42.5 Å². The lowest BCUT2D eigenvalue weighted by atomic mass is 10.1. The molecule has 0 saturated carbocycles. The zero-order valence-corrected chi connectivity index (χ0v) is 13.9. The average Bonchev–Trinajstić information content (AvgIpc) is 2.86. The first-order valence-electron chi connectivity index (χ1n) is 8.02. The molecular formula is C19H19NO5. The summed E-state index contributed by atoms with van der Waals surface area (Å²) in [5.41, 5.74) is 1.89. The van der Waals surface area contributed by atoms with Gasteiger partial charge < -0.3 is 19.5 Å². The van der Waals surface area contributed by atoms with Gasteiger partial charge in [0.25, 0.3) is 0 Å². The summed E-state index contributed by atoms with van der Waals surface area (Å²) >= 11 is 0. The van der Waals surface area contributed by atoms with Crippen molar-refractivity contribution in [3.05, 3.63) is 53.6 Å². The molecule has 1 N–H and O–H groups in total. The van der Waals surface area contributed by atoms with Crippen LogP contribution in [0.3, 0.4) is 0 Å². The maximum Gasteiger partial charge on any atom is 0.337 e. The fourth-order valence-electron chi connectivity index (χ4n) is 2.52. The van der Waals surface area contributed by atoms with Crippen molar-refractivity contribution in [3.63, 3.8) is 0 Å². The summed E-state index contributed by atoms with van der Waals surface area (Å²) in [7, 11) is 1.33. The van der Waals surface area contributed by atoms with Crippen molar-refractivity contribution in [1.29, 1.82) is 0 Å². The summed E-state index contributed by atoms with van der Waals surface area (Å²) in [5.74, 6) is 0.815. The van der Waals surface area contributed by atoms with E-state index >= 15 is 0 Å². The molecule has 0 radical (unpaired) electrons. The Labute approximate surface area is 145 Å². The van der Waals surface area contributed by atoms with E-state index in [2.05, 4.69) is 10.1 Å². The molecule has 0 spiro atoms. The van der Waals surface area contributed by atoms with Gasteiger partial charge in [-0.3, -0.25) is 4.79 Å². The van der Waals surface area contributed by atoms with E-state index in [-0.39, 0.29) is 12.3 Å². The molecule has 1 amide bonds. The number of rotatable bonds is 4. The molecule has 2 aromatic rings. The number of anilines is 1. The number of nitrogens with one attached hydrogen (secondary N) is 1. The summed E-state index contributed by atoms with van der Waals surface area (Å²) < 4.78 is 15.9. The molecule has 6 heteroatoms. The van der Waals surface area contributed by atoms with Crippen LogP contribution in [0, 0.1) is 0 Å². The number of fused-ring (bicyclic) bond motifs is 1. The number of methoxy groups -OCH3 is 1. The summed E-state index contributed by atoms with van der Waals surface area (Å²) in [6.45, 7) is 1.24. The third kappa shape index (κ3) is 4.29. The van der Waals surface area contributed by atoms with E-state index in [9.17, 15) is 9.59 Å². The van der Waals surface area contributed by atoms with E-state index in [1.54, 1.807) is 24.3 Å². The van der Waals surface area contributed by atoms with Crippen molar-refractivity contribution < 1.29 is 23.8 Å². The van der Waals surface area contributed by atoms with Crippen LogP contribution >= 0.6 is 0 Å². The van der Waals surface area contributed by atoms with E-state index in [1.807, 2.05) is 18.2 Å². The molecule has 3 rings (SSSR count). The van der Waals surface area contributed by atoms with Gasteiger partial charge in [-0.05, 0) is 42.0 Å². The molecular weight excluding hydrogens is 322 g/mol. The minimum Gasteiger partial charge on any atom is -0.490 e. The summed E-state index contributed by atoms with van der Waals surface area (Å²) in [6, 6.07) is 12.1. The lowest BCUT2D eigenvalue weighted by Crippen LogP contribution is -2.14. The summed E-state index contributed by atoms with van der Waals surface area (Å²) in [4.78, 5) is 23.6. The minimum absolute atomic E-state index is 0.152. The van der Waals surface area contributed by atoms with Gasteiger partial charge in [0.1, 0.15) is 0 Å². The van der Waals surface area contributed by atoms with Gasteiger partial charge in [-0.2, -0.15) is 0 Å². The van der Waals surface area contributed by atoms with Crippen molar-refractivity contribution >= 4 is 17.6 Å². The normalized spacial score (nSPS) is 12.8. The number of ether oxygens (including phenoxy) is 3. The first-order chi connectivity index (χ1) is 12.2. The van der Waals surface area contributed by atoms with Gasteiger partial charge in [0.15, 0.2) is 11.5 Å². The first kappa shape index (κ1) is 16.8. The second-order valence-corrected chi connectivity index (χ2v) is 5.63. The number of benzene rings is 2. The summed E-state index contributed by atoms with van der Waals surface area (Å²) in [6.07, 6.45) is 1.06. The smallest absolute Gasteiger partial charge is 0.337 e. The highest BCUT2D eigenvalue weighted by molar-refractivity contribution is 5.94. The van der Waals surface area contributed by atoms with Crippen LogP contribution in [0.1, 0.15) is 22.3 Å². The molecule has 0 aliphatic carbocycles. The van der Waals surface area contributed by atoms with Crippen molar-refractivity contribution in [2.45, 2.75) is 12.8 Å². The number of amides is 1. The maximum absolute atomic E-state index is 12.2. The van der Waals surface area contributed by atoms with Crippen LogP contribution in [0.5, 0.6) is 11.5 Å². The van der Waals surface area contributed by atoms with Gasteiger partial charge in [-0.1, -0.05) is 6.07 Å². The van der Waals surface area contributed by atoms with Gasteiger partial charge in [0.05, 0.1) is 32.3 Å². The Bertz CT molecular complexity index is 770. The Kier molecular flexibility index (Phi) is 5.18. The van der Waals surface area contributed by atoms with Crippen molar-refractivity contribution in [3.8, 4) is 11.5 Å². The van der Waals surface area contributed by atoms with Gasteiger partial charge in [-0.15, -0.1) is 0 Å². The van der Waals surface area contributed by atoms with Gasteiger partial charge in [0.2, 0.25) is 5.91 Å². The number of carbonyl (C=O) groups excluding carboxylic acids is 2. The van der Waals surface area contributed by atoms with Gasteiger partial charge in [0, 0.05) is 12.1 Å². The third-order valence-corrected chi connectivity index (χ3v) is 3.77. The Balaban J connectivity index is 1.62. The molecule has 0 saturated heterocycles. The minimum atomic E-state index is -0.412. The lowest BCUT2D eigenvalue weighted by Gasteiger charge is -2.10. The molecule has 1 aliphatic heterocycles. The number of hydrogen-bond donors (Lipinski definition) is 1. The molecule has 0 aromatic heterocycles. The SMILES string of the molecule is COC(=O)c1ccc(NC(=O)Cc2ccc3c(c2)OCCCO3)cc1. The third-order valence-electron chi connectivity index (χ3n) is 3.77. The zero-order valence-electron chi connectivity index (χ0n) is 13.9. The fraction of sp³-hybridized carbons (Fsp3) is 0.263. The van der Waals surface area contributed by atoms with E-state index in [1.165, 1.54) is 7.11 Å². The molecule has 6 nitrogen and oxygen atoms in total. The van der Waals surface area contributed by atoms with E-state index < -0.39 is 5.97 Å². The standard InChI is InChI=1S/C19H19NO5/c1-23-19(22)14-4-6-15(7-5-14)20-18(21)12-13-3-8-16-17(11-13)25-10-2-9-24-16/h3-8,11H,2,9-10,12H2,1H3,(H,20,21). The lowest BCUT2D eigenvalue weighted by molar-refractivity contribution is -0.115. The van der Waals surface area contributed by atoms with Crippen molar-refractivity contribution in [1.82, 2.24) is 0 Å². The van der Waals surface area contributed by atoms with E-state index in [0.717, 1.165) is 12.0 Å². The number of carbonyl (C=O) groups is 2. The van der Waals surface area contributed by atoms with Crippen LogP contribution in [0.25, 0.3) is 0 Å².